The predicted octanol–water partition coefficient (Wildman–Crippen LogP) is 5.02. The molecule has 0 radical (unpaired) electrons. The summed E-state index contributed by atoms with van der Waals surface area (Å²) in [7, 11) is 0. The Morgan fingerprint density at radius 2 is 1.72 bits per heavy atom. The number of carbonyl (C=O) groups excluding carboxylic acids is 2. The smallest absolute Gasteiger partial charge is 0.255 e. The molecule has 1 saturated heterocycles. The van der Waals surface area contributed by atoms with E-state index in [-0.39, 0.29) is 24.4 Å². The normalized spacial score (nSPS) is 17.7. The van der Waals surface area contributed by atoms with Crippen LogP contribution in [0.3, 0.4) is 0 Å². The van der Waals surface area contributed by atoms with Gasteiger partial charge in [-0.3, -0.25) is 9.59 Å². The third-order valence-corrected chi connectivity index (χ3v) is 7.62. The van der Waals surface area contributed by atoms with Gasteiger partial charge in [0, 0.05) is 64.6 Å². The molecule has 0 saturated carbocycles. The number of hydrogen-bond acceptors (Lipinski definition) is 3. The van der Waals surface area contributed by atoms with Gasteiger partial charge < -0.3 is 19.7 Å². The first kappa shape index (κ1) is 22.7. The third kappa shape index (κ3) is 3.82. The number of fused-ring (bicyclic) bond motifs is 2. The number of nitrogens with one attached hydrogen (secondary N) is 1. The number of para-hydroxylation sites is 1. The van der Waals surface area contributed by atoms with Crippen LogP contribution in [-0.4, -0.2) is 59.3 Å². The summed E-state index contributed by atoms with van der Waals surface area (Å²) >= 11 is 6.16. The number of carbonyl (C=O) groups is 2. The fourth-order valence-electron chi connectivity index (χ4n) is 5.63. The average molecular weight is 499 g/mol. The number of aromatic amines is 1. The summed E-state index contributed by atoms with van der Waals surface area (Å²) in [5, 5.41) is 1.79. The zero-order chi connectivity index (χ0) is 24.8. The molecule has 2 amide bonds. The van der Waals surface area contributed by atoms with Gasteiger partial charge in [0.25, 0.3) is 5.91 Å². The SMILES string of the molecule is Cc1[nH]c2ccccc2c1[C@@H]1c2ccccc2C(=O)N1CC(=O)N1CCN(c2cccc(Cl)c2)CC1. The molecule has 1 fully saturated rings. The summed E-state index contributed by atoms with van der Waals surface area (Å²) in [4.78, 5) is 36.4. The van der Waals surface area contributed by atoms with E-state index in [9.17, 15) is 9.59 Å². The Balaban J connectivity index is 1.26. The number of aryl methyl sites for hydroxylation is 1. The van der Waals surface area contributed by atoms with Crippen molar-refractivity contribution in [3.05, 3.63) is 100 Å². The highest BCUT2D eigenvalue weighted by molar-refractivity contribution is 6.30. The maximum atomic E-state index is 13.6. The summed E-state index contributed by atoms with van der Waals surface area (Å²) in [5.74, 6) is -0.115. The van der Waals surface area contributed by atoms with E-state index < -0.39 is 0 Å². The molecule has 1 atom stereocenters. The first-order chi connectivity index (χ1) is 17.5. The van der Waals surface area contributed by atoms with Crippen molar-refractivity contribution in [1.82, 2.24) is 14.8 Å². The second-order valence-corrected chi connectivity index (χ2v) is 9.92. The van der Waals surface area contributed by atoms with Crippen LogP contribution in [0.2, 0.25) is 5.02 Å². The number of piperazine rings is 1. The number of aromatic nitrogens is 1. The highest BCUT2D eigenvalue weighted by Gasteiger charge is 2.41. The monoisotopic (exact) mass is 498 g/mol. The van der Waals surface area contributed by atoms with Gasteiger partial charge in [-0.15, -0.1) is 0 Å². The summed E-state index contributed by atoms with van der Waals surface area (Å²) in [5.41, 5.74) is 5.79. The first-order valence-corrected chi connectivity index (χ1v) is 12.6. The van der Waals surface area contributed by atoms with Crippen molar-refractivity contribution < 1.29 is 9.59 Å². The van der Waals surface area contributed by atoms with Gasteiger partial charge in [0.1, 0.15) is 6.54 Å². The molecule has 2 aliphatic heterocycles. The van der Waals surface area contributed by atoms with Gasteiger partial charge in [0.05, 0.1) is 6.04 Å². The van der Waals surface area contributed by atoms with E-state index in [0.717, 1.165) is 46.5 Å². The lowest BCUT2D eigenvalue weighted by molar-refractivity contribution is -0.132. The molecule has 3 aromatic carbocycles. The quantitative estimate of drug-likeness (QED) is 0.429. The Labute approximate surface area is 215 Å². The van der Waals surface area contributed by atoms with Crippen molar-refractivity contribution in [1.29, 1.82) is 0 Å². The van der Waals surface area contributed by atoms with Crippen molar-refractivity contribution in [2.24, 2.45) is 0 Å². The van der Waals surface area contributed by atoms with Crippen molar-refractivity contribution in [2.45, 2.75) is 13.0 Å². The molecule has 7 heteroatoms. The summed E-state index contributed by atoms with van der Waals surface area (Å²) < 4.78 is 0. The Morgan fingerprint density at radius 3 is 2.53 bits per heavy atom. The maximum Gasteiger partial charge on any atom is 0.255 e. The number of nitrogens with zero attached hydrogens (tertiary/aromatic N) is 3. The largest absolute Gasteiger partial charge is 0.368 e. The second kappa shape index (κ2) is 9.03. The predicted molar refractivity (Wildman–Crippen MR) is 143 cm³/mol. The van der Waals surface area contributed by atoms with E-state index >= 15 is 0 Å². The van der Waals surface area contributed by atoms with Gasteiger partial charge in [-0.25, -0.2) is 0 Å². The molecule has 182 valence electrons. The van der Waals surface area contributed by atoms with Crippen molar-refractivity contribution in [3.8, 4) is 0 Å². The van der Waals surface area contributed by atoms with E-state index in [4.69, 9.17) is 11.6 Å². The molecule has 0 aliphatic carbocycles. The van der Waals surface area contributed by atoms with Crippen LogP contribution in [0.25, 0.3) is 10.9 Å². The molecular weight excluding hydrogens is 472 g/mol. The van der Waals surface area contributed by atoms with Crippen molar-refractivity contribution in [2.75, 3.05) is 37.6 Å². The van der Waals surface area contributed by atoms with Crippen LogP contribution in [0.4, 0.5) is 5.69 Å². The van der Waals surface area contributed by atoms with E-state index in [1.54, 1.807) is 4.90 Å². The molecule has 0 spiro atoms. The Hall–Kier alpha value is -3.77. The van der Waals surface area contributed by atoms with Gasteiger partial charge >= 0.3 is 0 Å². The molecule has 1 aromatic heterocycles. The summed E-state index contributed by atoms with van der Waals surface area (Å²) in [6.07, 6.45) is 0. The van der Waals surface area contributed by atoms with E-state index in [1.807, 2.05) is 78.6 Å². The van der Waals surface area contributed by atoms with Gasteiger partial charge in [0.2, 0.25) is 5.91 Å². The van der Waals surface area contributed by atoms with Gasteiger partial charge in [-0.1, -0.05) is 54.1 Å². The van der Waals surface area contributed by atoms with Crippen LogP contribution in [0.1, 0.15) is 33.2 Å². The lowest BCUT2D eigenvalue weighted by Crippen LogP contribution is -2.51. The maximum absolute atomic E-state index is 13.6. The molecule has 0 unspecified atom stereocenters. The van der Waals surface area contributed by atoms with Crippen LogP contribution in [0.15, 0.2) is 72.8 Å². The fourth-order valence-corrected chi connectivity index (χ4v) is 5.81. The van der Waals surface area contributed by atoms with Crippen LogP contribution >= 0.6 is 11.6 Å². The van der Waals surface area contributed by atoms with Crippen LogP contribution in [-0.2, 0) is 4.79 Å². The number of anilines is 1. The third-order valence-electron chi connectivity index (χ3n) is 7.39. The summed E-state index contributed by atoms with van der Waals surface area (Å²) in [6.45, 7) is 4.76. The molecule has 3 heterocycles. The standard InChI is InChI=1S/C29H27ClN4O2/c1-19-27(24-11-4-5-12-25(24)31-19)28-22-9-2-3-10-23(22)29(36)34(28)18-26(35)33-15-13-32(14-16-33)21-8-6-7-20(30)17-21/h2-12,17,28,31H,13-16,18H2,1H3/t28-/m0/s1. The minimum absolute atomic E-state index is 0.0237. The minimum atomic E-state index is -0.304. The van der Waals surface area contributed by atoms with Gasteiger partial charge in [-0.05, 0) is 42.8 Å². The Morgan fingerprint density at radius 1 is 0.972 bits per heavy atom. The molecule has 6 nitrogen and oxygen atoms in total. The first-order valence-electron chi connectivity index (χ1n) is 12.3. The van der Waals surface area contributed by atoms with Gasteiger partial charge in [0.15, 0.2) is 0 Å². The number of rotatable bonds is 4. The van der Waals surface area contributed by atoms with E-state index in [2.05, 4.69) is 16.0 Å². The molecule has 0 bridgehead atoms. The number of halogens is 1. The highest BCUT2D eigenvalue weighted by atomic mass is 35.5. The lowest BCUT2D eigenvalue weighted by Gasteiger charge is -2.37. The molecule has 1 N–H and O–H groups in total. The number of benzene rings is 3. The molecule has 6 rings (SSSR count). The zero-order valence-electron chi connectivity index (χ0n) is 20.1. The molecule has 36 heavy (non-hydrogen) atoms. The molecular formula is C29H27ClN4O2. The van der Waals surface area contributed by atoms with E-state index in [1.165, 1.54) is 0 Å². The Bertz CT molecular complexity index is 1470. The van der Waals surface area contributed by atoms with Crippen molar-refractivity contribution >= 4 is 40.0 Å². The summed E-state index contributed by atoms with van der Waals surface area (Å²) in [6, 6.07) is 23.3. The highest BCUT2D eigenvalue weighted by Crippen LogP contribution is 2.42. The van der Waals surface area contributed by atoms with Gasteiger partial charge in [-0.2, -0.15) is 0 Å². The topological polar surface area (TPSA) is 59.7 Å². The minimum Gasteiger partial charge on any atom is -0.368 e. The number of H-pyrrole nitrogens is 1. The molecule has 2 aliphatic rings. The number of amides is 2. The molecule has 4 aromatic rings. The zero-order valence-corrected chi connectivity index (χ0v) is 20.8. The lowest BCUT2D eigenvalue weighted by atomic mass is 9.95. The van der Waals surface area contributed by atoms with Crippen LogP contribution in [0, 0.1) is 6.92 Å². The number of hydrogen-bond donors (Lipinski definition) is 1. The van der Waals surface area contributed by atoms with E-state index in [0.29, 0.717) is 23.7 Å². The second-order valence-electron chi connectivity index (χ2n) is 9.48. The fraction of sp³-hybridized carbons (Fsp3) is 0.241. The average Bonchev–Trinajstić information content (AvgIpc) is 3.37. The van der Waals surface area contributed by atoms with Crippen molar-refractivity contribution in [3.63, 3.8) is 0 Å². The Kier molecular flexibility index (Phi) is 5.69. The van der Waals surface area contributed by atoms with Crippen LogP contribution < -0.4 is 4.90 Å². The van der Waals surface area contributed by atoms with Crippen LogP contribution in [0.5, 0.6) is 0 Å².